The van der Waals surface area contributed by atoms with E-state index in [0.717, 1.165) is 29.8 Å². The number of aryl methyl sites for hydroxylation is 1. The molecular weight excluding hydrogens is 308 g/mol. The average Bonchev–Trinajstić information content (AvgIpc) is 2.97. The topological polar surface area (TPSA) is 33.0 Å². The molecule has 0 bridgehead atoms. The van der Waals surface area contributed by atoms with E-state index in [1.807, 2.05) is 59.4 Å². The highest BCUT2D eigenvalue weighted by Gasteiger charge is 2.37. The number of hydrogen-bond donors (Lipinski definition) is 1. The second kappa shape index (κ2) is 6.52. The van der Waals surface area contributed by atoms with E-state index in [4.69, 9.17) is 0 Å². The molecule has 1 atom stereocenters. The minimum atomic E-state index is -0.125. The molecule has 1 N–H and O–H groups in total. The fraction of sp³-hybridized carbons (Fsp3) is 0.182. The van der Waals surface area contributed by atoms with Gasteiger partial charge in [-0.2, -0.15) is 4.57 Å². The van der Waals surface area contributed by atoms with Crippen LogP contribution in [0.2, 0.25) is 0 Å². The number of rotatable bonds is 4. The van der Waals surface area contributed by atoms with Gasteiger partial charge in [-0.15, -0.1) is 0 Å². The SMILES string of the molecule is Cc1ccc2c(c1)CC([n+]1ccc(NCc3ccccc3)cc1)C2=O. The first-order chi connectivity index (χ1) is 12.2. The van der Waals surface area contributed by atoms with Crippen LogP contribution in [0.1, 0.15) is 33.1 Å². The zero-order valence-electron chi connectivity index (χ0n) is 14.3. The molecule has 3 heteroatoms. The van der Waals surface area contributed by atoms with Crippen molar-refractivity contribution in [2.24, 2.45) is 0 Å². The maximum Gasteiger partial charge on any atom is 0.231 e. The Hall–Kier alpha value is -2.94. The van der Waals surface area contributed by atoms with Crippen molar-refractivity contribution in [3.05, 3.63) is 95.3 Å². The molecule has 1 aliphatic carbocycles. The van der Waals surface area contributed by atoms with Crippen molar-refractivity contribution in [2.45, 2.75) is 25.9 Å². The average molecular weight is 329 g/mol. The maximum atomic E-state index is 12.7. The van der Waals surface area contributed by atoms with Gasteiger partial charge in [0.15, 0.2) is 12.4 Å². The quantitative estimate of drug-likeness (QED) is 0.737. The molecule has 0 saturated carbocycles. The molecule has 25 heavy (non-hydrogen) atoms. The van der Waals surface area contributed by atoms with Gasteiger partial charge < -0.3 is 5.32 Å². The van der Waals surface area contributed by atoms with Gasteiger partial charge in [-0.3, -0.25) is 4.79 Å². The zero-order valence-corrected chi connectivity index (χ0v) is 14.3. The molecule has 0 saturated heterocycles. The van der Waals surface area contributed by atoms with E-state index in [1.165, 1.54) is 11.1 Å². The summed E-state index contributed by atoms with van der Waals surface area (Å²) < 4.78 is 2.02. The fourth-order valence-electron chi connectivity index (χ4n) is 3.42. The standard InChI is InChI=1S/C22H20N2O/c1-16-7-8-20-18(13-16)14-21(22(20)25)24-11-9-19(10-12-24)23-15-17-5-3-2-4-6-17/h2-13,21H,14-15H2,1H3/p+1. The number of carbonyl (C=O) groups excluding carboxylic acids is 1. The Labute approximate surface area is 148 Å². The number of anilines is 1. The van der Waals surface area contributed by atoms with Crippen LogP contribution in [0.15, 0.2) is 73.1 Å². The van der Waals surface area contributed by atoms with Crippen LogP contribution < -0.4 is 9.88 Å². The van der Waals surface area contributed by atoms with Crippen molar-refractivity contribution in [3.8, 4) is 0 Å². The lowest BCUT2D eigenvalue weighted by atomic mass is 10.1. The summed E-state index contributed by atoms with van der Waals surface area (Å²) in [5.41, 5.74) is 5.54. The molecule has 0 amide bonds. The summed E-state index contributed by atoms with van der Waals surface area (Å²) in [6, 6.07) is 20.4. The van der Waals surface area contributed by atoms with Gasteiger partial charge in [0.05, 0.1) is 0 Å². The summed E-state index contributed by atoms with van der Waals surface area (Å²) in [7, 11) is 0. The van der Waals surface area contributed by atoms with Crippen molar-refractivity contribution in [1.82, 2.24) is 0 Å². The number of ketones is 1. The van der Waals surface area contributed by atoms with Crippen LogP contribution in [-0.2, 0) is 13.0 Å². The Morgan fingerprint density at radius 2 is 1.80 bits per heavy atom. The lowest BCUT2D eigenvalue weighted by Crippen LogP contribution is -2.42. The molecule has 1 aliphatic rings. The van der Waals surface area contributed by atoms with Crippen molar-refractivity contribution in [2.75, 3.05) is 5.32 Å². The molecule has 0 aliphatic heterocycles. The highest BCUT2D eigenvalue weighted by molar-refractivity contribution is 6.02. The summed E-state index contributed by atoms with van der Waals surface area (Å²) in [5.74, 6) is 0.213. The summed E-state index contributed by atoms with van der Waals surface area (Å²) in [6.07, 6.45) is 4.76. The first-order valence-electron chi connectivity index (χ1n) is 8.63. The first-order valence-corrected chi connectivity index (χ1v) is 8.63. The number of nitrogens with zero attached hydrogens (tertiary/aromatic N) is 1. The van der Waals surface area contributed by atoms with E-state index in [0.29, 0.717) is 0 Å². The second-order valence-electron chi connectivity index (χ2n) is 6.62. The third-order valence-corrected chi connectivity index (χ3v) is 4.79. The van der Waals surface area contributed by atoms with Gasteiger partial charge in [0.25, 0.3) is 0 Å². The Morgan fingerprint density at radius 3 is 2.56 bits per heavy atom. The molecule has 0 radical (unpaired) electrons. The molecule has 124 valence electrons. The van der Waals surface area contributed by atoms with Gasteiger partial charge in [0, 0.05) is 36.3 Å². The zero-order chi connectivity index (χ0) is 17.2. The van der Waals surface area contributed by atoms with Crippen LogP contribution in [0.25, 0.3) is 0 Å². The van der Waals surface area contributed by atoms with Crippen LogP contribution in [0, 0.1) is 6.92 Å². The normalized spacial score (nSPS) is 15.9. The van der Waals surface area contributed by atoms with Crippen molar-refractivity contribution >= 4 is 11.5 Å². The summed E-state index contributed by atoms with van der Waals surface area (Å²) in [6.45, 7) is 2.86. The minimum absolute atomic E-state index is 0.125. The highest BCUT2D eigenvalue weighted by atomic mass is 16.1. The molecule has 1 unspecified atom stereocenters. The van der Waals surface area contributed by atoms with Crippen LogP contribution in [0.5, 0.6) is 0 Å². The van der Waals surface area contributed by atoms with Gasteiger partial charge in [-0.1, -0.05) is 54.1 Å². The first kappa shape index (κ1) is 15.6. The van der Waals surface area contributed by atoms with E-state index in [-0.39, 0.29) is 11.8 Å². The van der Waals surface area contributed by atoms with Gasteiger partial charge in [-0.25, -0.2) is 0 Å². The Balaban J connectivity index is 1.47. The summed E-state index contributed by atoms with van der Waals surface area (Å²) in [5, 5.41) is 3.42. The third-order valence-electron chi connectivity index (χ3n) is 4.79. The monoisotopic (exact) mass is 329 g/mol. The number of pyridine rings is 1. The van der Waals surface area contributed by atoms with E-state index in [9.17, 15) is 4.79 Å². The predicted octanol–water partition coefficient (Wildman–Crippen LogP) is 3.87. The van der Waals surface area contributed by atoms with E-state index in [2.05, 4.69) is 30.4 Å². The molecule has 3 aromatic rings. The molecule has 1 aromatic heterocycles. The number of aromatic nitrogens is 1. The third kappa shape index (κ3) is 3.18. The number of fused-ring (bicyclic) bond motifs is 1. The summed E-state index contributed by atoms with van der Waals surface area (Å²) >= 11 is 0. The van der Waals surface area contributed by atoms with Gasteiger partial charge in [0.1, 0.15) is 0 Å². The fourth-order valence-corrected chi connectivity index (χ4v) is 3.42. The minimum Gasteiger partial charge on any atom is -0.381 e. The van der Waals surface area contributed by atoms with Crippen molar-refractivity contribution in [3.63, 3.8) is 0 Å². The Morgan fingerprint density at radius 1 is 1.04 bits per heavy atom. The van der Waals surface area contributed by atoms with Crippen molar-refractivity contribution in [1.29, 1.82) is 0 Å². The molecule has 2 aromatic carbocycles. The number of Topliss-reactive ketones (excluding diaryl/α,β-unsaturated/α-hetero) is 1. The Bertz CT molecular complexity index is 901. The maximum absolute atomic E-state index is 12.7. The number of nitrogens with one attached hydrogen (secondary N) is 1. The van der Waals surface area contributed by atoms with Crippen LogP contribution >= 0.6 is 0 Å². The van der Waals surface area contributed by atoms with Gasteiger partial charge in [0.2, 0.25) is 11.8 Å². The lowest BCUT2D eigenvalue weighted by molar-refractivity contribution is -0.706. The van der Waals surface area contributed by atoms with E-state index in [1.54, 1.807) is 0 Å². The van der Waals surface area contributed by atoms with Crippen molar-refractivity contribution < 1.29 is 9.36 Å². The second-order valence-corrected chi connectivity index (χ2v) is 6.62. The molecule has 0 spiro atoms. The Kier molecular flexibility index (Phi) is 4.06. The van der Waals surface area contributed by atoms with Gasteiger partial charge >= 0.3 is 0 Å². The smallest absolute Gasteiger partial charge is 0.231 e. The van der Waals surface area contributed by atoms with Crippen LogP contribution in [0.4, 0.5) is 5.69 Å². The molecule has 4 rings (SSSR count). The molecule has 1 heterocycles. The molecule has 0 fully saturated rings. The molecular formula is C22H21N2O+. The van der Waals surface area contributed by atoms with Crippen LogP contribution in [0.3, 0.4) is 0 Å². The number of hydrogen-bond acceptors (Lipinski definition) is 2. The lowest BCUT2D eigenvalue weighted by Gasteiger charge is -2.07. The highest BCUT2D eigenvalue weighted by Crippen LogP contribution is 2.27. The molecule has 3 nitrogen and oxygen atoms in total. The van der Waals surface area contributed by atoms with E-state index < -0.39 is 0 Å². The summed E-state index contributed by atoms with van der Waals surface area (Å²) in [4.78, 5) is 12.7. The predicted molar refractivity (Wildman–Crippen MR) is 98.7 cm³/mol. The van der Waals surface area contributed by atoms with E-state index >= 15 is 0 Å². The van der Waals surface area contributed by atoms with Crippen LogP contribution in [-0.4, -0.2) is 5.78 Å². The number of benzene rings is 2. The van der Waals surface area contributed by atoms with Gasteiger partial charge in [-0.05, 0) is 18.1 Å². The largest absolute Gasteiger partial charge is 0.381 e. The number of carbonyl (C=O) groups is 1.